The highest BCUT2D eigenvalue weighted by molar-refractivity contribution is 4.80. The van der Waals surface area contributed by atoms with Gasteiger partial charge >= 0.3 is 0 Å². The van der Waals surface area contributed by atoms with E-state index in [0.29, 0.717) is 0 Å². The molecule has 3 heteroatoms. The van der Waals surface area contributed by atoms with Gasteiger partial charge in [0.05, 0.1) is 5.54 Å². The van der Waals surface area contributed by atoms with Crippen LogP contribution >= 0.6 is 0 Å². The predicted molar refractivity (Wildman–Crippen MR) is 114 cm³/mol. The van der Waals surface area contributed by atoms with Crippen molar-refractivity contribution in [3.05, 3.63) is 12.7 Å². The molecule has 0 radical (unpaired) electrons. The van der Waals surface area contributed by atoms with Crippen molar-refractivity contribution in [1.29, 1.82) is 0 Å². The molecule has 0 bridgehead atoms. The van der Waals surface area contributed by atoms with Crippen molar-refractivity contribution in [2.24, 2.45) is 0 Å². The van der Waals surface area contributed by atoms with Crippen molar-refractivity contribution in [3.8, 4) is 0 Å². The molecule has 0 aromatic carbocycles. The number of hydrogen-bond donors (Lipinski definition) is 0. The summed E-state index contributed by atoms with van der Waals surface area (Å²) in [6.45, 7) is 6.86. The Labute approximate surface area is 163 Å². The maximum atomic E-state index is 4.35. The van der Waals surface area contributed by atoms with Crippen LogP contribution in [0.4, 0.5) is 0 Å². The molecule has 1 atom stereocenters. The second kappa shape index (κ2) is 15.2. The predicted octanol–water partition coefficient (Wildman–Crippen LogP) is 7.66. The van der Waals surface area contributed by atoms with Gasteiger partial charge in [-0.15, -0.1) is 0 Å². The lowest BCUT2D eigenvalue weighted by Gasteiger charge is -2.28. The average Bonchev–Trinajstić information content (AvgIpc) is 3.20. The first kappa shape index (κ1) is 23.2. The fourth-order valence-electron chi connectivity index (χ4n) is 3.82. The molecule has 1 aromatic heterocycles. The summed E-state index contributed by atoms with van der Waals surface area (Å²) in [5, 5.41) is 4.35. The van der Waals surface area contributed by atoms with Crippen molar-refractivity contribution in [3.63, 3.8) is 0 Å². The Morgan fingerprint density at radius 3 is 1.54 bits per heavy atom. The standard InChI is InChI=1S/C23H45N3/c1-4-6-7-8-9-10-11-12-13-14-15-16-17-18-19-20-23(3,5-2)26-22-24-21-25-26/h21-22H,4-20H2,1-3H3. The topological polar surface area (TPSA) is 30.7 Å². The van der Waals surface area contributed by atoms with Gasteiger partial charge in [0.2, 0.25) is 0 Å². The second-order valence-corrected chi connectivity index (χ2v) is 8.39. The van der Waals surface area contributed by atoms with Crippen LogP contribution in [0.1, 0.15) is 130 Å². The van der Waals surface area contributed by atoms with Gasteiger partial charge in [-0.05, 0) is 19.8 Å². The van der Waals surface area contributed by atoms with Crippen molar-refractivity contribution < 1.29 is 0 Å². The summed E-state index contributed by atoms with van der Waals surface area (Å²) in [5.74, 6) is 0. The largest absolute Gasteiger partial charge is 0.247 e. The number of nitrogens with zero attached hydrogens (tertiary/aromatic N) is 3. The van der Waals surface area contributed by atoms with E-state index in [1.807, 2.05) is 6.33 Å². The van der Waals surface area contributed by atoms with Crippen molar-refractivity contribution in [2.75, 3.05) is 0 Å². The average molecular weight is 364 g/mol. The van der Waals surface area contributed by atoms with E-state index in [9.17, 15) is 0 Å². The molecule has 0 spiro atoms. The van der Waals surface area contributed by atoms with Gasteiger partial charge in [-0.1, -0.05) is 110 Å². The molecule has 1 heterocycles. The Kier molecular flexibility index (Phi) is 13.6. The molecule has 3 nitrogen and oxygen atoms in total. The molecule has 0 aliphatic heterocycles. The first-order valence-electron chi connectivity index (χ1n) is 11.6. The zero-order valence-corrected chi connectivity index (χ0v) is 18.0. The van der Waals surface area contributed by atoms with E-state index in [4.69, 9.17) is 0 Å². The van der Waals surface area contributed by atoms with E-state index in [2.05, 4.69) is 35.5 Å². The summed E-state index contributed by atoms with van der Waals surface area (Å²) in [7, 11) is 0. The Morgan fingerprint density at radius 1 is 0.692 bits per heavy atom. The third-order valence-corrected chi connectivity index (χ3v) is 6.05. The van der Waals surface area contributed by atoms with Gasteiger partial charge in [-0.3, -0.25) is 0 Å². The zero-order chi connectivity index (χ0) is 18.9. The Hall–Kier alpha value is -0.860. The number of aromatic nitrogens is 3. The van der Waals surface area contributed by atoms with E-state index in [-0.39, 0.29) is 5.54 Å². The molecule has 1 rings (SSSR count). The number of hydrogen-bond acceptors (Lipinski definition) is 2. The van der Waals surface area contributed by atoms with Crippen LogP contribution in [0.25, 0.3) is 0 Å². The summed E-state index contributed by atoms with van der Waals surface area (Å²) in [5.41, 5.74) is 0.146. The lowest BCUT2D eigenvalue weighted by atomic mass is 9.91. The minimum Gasteiger partial charge on any atom is -0.247 e. The lowest BCUT2D eigenvalue weighted by Crippen LogP contribution is -2.29. The van der Waals surface area contributed by atoms with Gasteiger partial charge in [0.15, 0.2) is 0 Å². The third kappa shape index (κ3) is 10.3. The van der Waals surface area contributed by atoms with Crippen molar-refractivity contribution in [2.45, 2.75) is 135 Å². The van der Waals surface area contributed by atoms with E-state index in [0.717, 1.165) is 6.42 Å². The van der Waals surface area contributed by atoms with Gasteiger partial charge in [0, 0.05) is 0 Å². The second-order valence-electron chi connectivity index (χ2n) is 8.39. The van der Waals surface area contributed by atoms with Gasteiger partial charge in [0.1, 0.15) is 12.7 Å². The van der Waals surface area contributed by atoms with Crippen LogP contribution in [0, 0.1) is 0 Å². The van der Waals surface area contributed by atoms with E-state index < -0.39 is 0 Å². The normalized spacial score (nSPS) is 13.8. The highest BCUT2D eigenvalue weighted by Gasteiger charge is 2.24. The van der Waals surface area contributed by atoms with Crippen LogP contribution in [0.15, 0.2) is 12.7 Å². The molecule has 0 aliphatic carbocycles. The zero-order valence-electron chi connectivity index (χ0n) is 18.0. The molecule has 1 unspecified atom stereocenters. The Morgan fingerprint density at radius 2 is 1.15 bits per heavy atom. The molecule has 1 aromatic rings. The molecular formula is C23H45N3. The molecule has 26 heavy (non-hydrogen) atoms. The summed E-state index contributed by atoms with van der Waals surface area (Å²) >= 11 is 0. The molecule has 0 saturated carbocycles. The highest BCUT2D eigenvalue weighted by Crippen LogP contribution is 2.26. The summed E-state index contributed by atoms with van der Waals surface area (Å²) in [4.78, 5) is 4.11. The van der Waals surface area contributed by atoms with Gasteiger partial charge < -0.3 is 0 Å². The molecule has 0 fully saturated rings. The van der Waals surface area contributed by atoms with Gasteiger partial charge in [-0.2, -0.15) is 5.10 Å². The molecule has 0 aliphatic rings. The smallest absolute Gasteiger partial charge is 0.137 e. The summed E-state index contributed by atoms with van der Waals surface area (Å²) < 4.78 is 2.05. The van der Waals surface area contributed by atoms with Crippen LogP contribution in [0.3, 0.4) is 0 Å². The van der Waals surface area contributed by atoms with Crippen molar-refractivity contribution >= 4 is 0 Å². The Balaban J connectivity index is 1.86. The van der Waals surface area contributed by atoms with Crippen LogP contribution in [-0.4, -0.2) is 14.8 Å². The maximum absolute atomic E-state index is 4.35. The highest BCUT2D eigenvalue weighted by atomic mass is 15.3. The van der Waals surface area contributed by atoms with Gasteiger partial charge in [-0.25, -0.2) is 9.67 Å². The van der Waals surface area contributed by atoms with Gasteiger partial charge in [0.25, 0.3) is 0 Å². The summed E-state index contributed by atoms with van der Waals surface area (Å²) in [6, 6.07) is 0. The number of unbranched alkanes of at least 4 members (excludes halogenated alkanes) is 14. The Bertz CT molecular complexity index is 402. The molecule has 152 valence electrons. The number of rotatable bonds is 18. The van der Waals surface area contributed by atoms with E-state index in [1.165, 1.54) is 103 Å². The molecule has 0 N–H and O–H groups in total. The first-order valence-corrected chi connectivity index (χ1v) is 11.6. The van der Waals surface area contributed by atoms with Crippen LogP contribution in [0.5, 0.6) is 0 Å². The van der Waals surface area contributed by atoms with Crippen LogP contribution in [0.2, 0.25) is 0 Å². The maximum Gasteiger partial charge on any atom is 0.137 e. The summed E-state index contributed by atoms with van der Waals surface area (Å²) in [6.07, 6.45) is 27.2. The molecule has 0 saturated heterocycles. The third-order valence-electron chi connectivity index (χ3n) is 6.05. The van der Waals surface area contributed by atoms with Crippen molar-refractivity contribution in [1.82, 2.24) is 14.8 Å². The van der Waals surface area contributed by atoms with Crippen LogP contribution < -0.4 is 0 Å². The molecule has 0 amide bonds. The van der Waals surface area contributed by atoms with E-state index in [1.54, 1.807) is 6.33 Å². The minimum atomic E-state index is 0.146. The SMILES string of the molecule is CCCCCCCCCCCCCCCCCC(C)(CC)n1cncn1. The monoisotopic (exact) mass is 363 g/mol. The first-order chi connectivity index (χ1) is 12.7. The quantitative estimate of drug-likeness (QED) is 0.250. The minimum absolute atomic E-state index is 0.146. The van der Waals surface area contributed by atoms with Crippen LogP contribution in [-0.2, 0) is 5.54 Å². The fourth-order valence-corrected chi connectivity index (χ4v) is 3.82. The van der Waals surface area contributed by atoms with E-state index >= 15 is 0 Å². The fraction of sp³-hybridized carbons (Fsp3) is 0.913. The molecular weight excluding hydrogens is 318 g/mol. The lowest BCUT2D eigenvalue weighted by molar-refractivity contribution is 0.244.